The van der Waals surface area contributed by atoms with Gasteiger partial charge in [-0.1, -0.05) is 121 Å². The lowest BCUT2D eigenvalue weighted by Gasteiger charge is -2.45. The molecule has 0 aromatic heterocycles. The Morgan fingerprint density at radius 1 is 0.283 bits per heavy atom. The molecule has 8 aromatic rings. The molecule has 1 fully saturated rings. The summed E-state index contributed by atoms with van der Waals surface area (Å²) in [5.74, 6) is 2.00. The largest absolute Gasteiger partial charge is 0.520 e. The normalized spacial score (nSPS) is 23.3. The zero-order valence-electron chi connectivity index (χ0n) is 32.9. The summed E-state index contributed by atoms with van der Waals surface area (Å²) < 4.78 is 50.1. The molecule has 1 heterocycles. The summed E-state index contributed by atoms with van der Waals surface area (Å²) in [5, 5.41) is 4.77. The molecule has 0 unspecified atom stereocenters. The SMILES string of the molecule is COc1ccc([Si]2(O)O[Si](O)(c3ccc(OC)c4ccccc34)O[Si](O)(c3ccc(OC)c4ccccc34)O[Si](O)(c3ccc(OC)c4ccccc34)O2)c2ccccc12. The van der Waals surface area contributed by atoms with E-state index < -0.39 is 35.2 Å². The highest BCUT2D eigenvalue weighted by atomic mass is 28.6. The molecule has 12 nitrogen and oxygen atoms in total. The second-order valence-corrected chi connectivity index (χ2v) is 24.3. The second kappa shape index (κ2) is 15.2. The number of hydrogen-bond donors (Lipinski definition) is 4. The van der Waals surface area contributed by atoms with Gasteiger partial charge < -0.3 is 54.6 Å². The molecule has 16 heteroatoms. The smallest absolute Gasteiger partial charge is 0.496 e. The minimum Gasteiger partial charge on any atom is -0.496 e. The molecular weight excluding hydrogens is 833 g/mol. The molecule has 4 N–H and O–H groups in total. The maximum atomic E-state index is 13.4. The zero-order chi connectivity index (χ0) is 41.9. The van der Waals surface area contributed by atoms with E-state index in [9.17, 15) is 19.2 Å². The monoisotopic (exact) mass is 872 g/mol. The number of rotatable bonds is 8. The summed E-state index contributed by atoms with van der Waals surface area (Å²) >= 11 is 0. The Labute approximate surface area is 349 Å². The average molecular weight is 873 g/mol. The number of benzene rings is 8. The predicted molar refractivity (Wildman–Crippen MR) is 237 cm³/mol. The molecule has 0 spiro atoms. The van der Waals surface area contributed by atoms with Gasteiger partial charge in [0.2, 0.25) is 0 Å². The lowest BCUT2D eigenvalue weighted by molar-refractivity contribution is 0.0943. The average Bonchev–Trinajstić information content (AvgIpc) is 3.26. The van der Waals surface area contributed by atoms with Crippen molar-refractivity contribution < 1.29 is 54.6 Å². The van der Waals surface area contributed by atoms with Gasteiger partial charge in [-0.05, 0) is 45.8 Å². The fraction of sp³-hybridized carbons (Fsp3) is 0.0909. The van der Waals surface area contributed by atoms with Gasteiger partial charge in [0.15, 0.2) is 0 Å². The van der Waals surface area contributed by atoms with Crippen LogP contribution >= 0.6 is 0 Å². The Morgan fingerprint density at radius 2 is 0.467 bits per heavy atom. The van der Waals surface area contributed by atoms with Crippen LogP contribution in [-0.4, -0.2) is 82.8 Å². The van der Waals surface area contributed by atoms with Crippen LogP contribution in [0, 0.1) is 0 Å². The van der Waals surface area contributed by atoms with E-state index in [2.05, 4.69) is 0 Å². The highest BCUT2D eigenvalue weighted by Crippen LogP contribution is 2.36. The Balaban J connectivity index is 1.38. The van der Waals surface area contributed by atoms with Gasteiger partial charge in [-0.25, -0.2) is 0 Å². The van der Waals surface area contributed by atoms with Gasteiger partial charge in [-0.15, -0.1) is 0 Å². The maximum Gasteiger partial charge on any atom is 0.520 e. The molecule has 304 valence electrons. The summed E-state index contributed by atoms with van der Waals surface area (Å²) in [7, 11) is -14.8. The van der Waals surface area contributed by atoms with Crippen molar-refractivity contribution in [3.8, 4) is 23.0 Å². The van der Waals surface area contributed by atoms with Gasteiger partial charge >= 0.3 is 35.2 Å². The van der Waals surface area contributed by atoms with E-state index in [1.807, 2.05) is 48.5 Å². The van der Waals surface area contributed by atoms with Gasteiger partial charge in [0.05, 0.1) is 28.4 Å². The topological polar surface area (TPSA) is 155 Å². The van der Waals surface area contributed by atoms with Crippen LogP contribution in [0.2, 0.25) is 0 Å². The number of methoxy groups -OCH3 is 4. The van der Waals surface area contributed by atoms with Crippen molar-refractivity contribution >= 4 is 99.1 Å². The van der Waals surface area contributed by atoms with Crippen molar-refractivity contribution in [3.05, 3.63) is 146 Å². The van der Waals surface area contributed by atoms with Crippen molar-refractivity contribution in [2.45, 2.75) is 0 Å². The standard InChI is InChI=1S/C44H40O12Si4/c1-49-37-21-25-41(33-17-9-5-13-29(33)37)57(45)53-58(46,42-26-22-38(50-2)30-14-6-10-18-34(30)42)55-60(48,44-28-24-40(52-4)32-16-8-12-20-36(32)44)56-59(47,54-57)43-27-23-39(51-3)31-15-7-11-19-35(31)43/h5-28,45-48H,1-4H3. The van der Waals surface area contributed by atoms with Gasteiger partial charge in [-0.3, -0.25) is 0 Å². The molecule has 1 aliphatic rings. The fourth-order valence-electron chi connectivity index (χ4n) is 8.17. The summed E-state index contributed by atoms with van der Waals surface area (Å²) in [6, 6.07) is 41.6. The third-order valence-corrected chi connectivity index (χ3v) is 24.2. The lowest BCUT2D eigenvalue weighted by Crippen LogP contribution is -2.81. The predicted octanol–water partition coefficient (Wildman–Crippen LogP) is 4.07. The van der Waals surface area contributed by atoms with E-state index in [-0.39, 0.29) is 20.7 Å². The first-order valence-corrected chi connectivity index (χ1v) is 26.0. The van der Waals surface area contributed by atoms with Crippen molar-refractivity contribution in [3.63, 3.8) is 0 Å². The highest BCUT2D eigenvalue weighted by molar-refractivity contribution is 7.01. The molecule has 1 aliphatic heterocycles. The lowest BCUT2D eigenvalue weighted by atomic mass is 10.1. The van der Waals surface area contributed by atoms with Crippen LogP contribution in [0.3, 0.4) is 0 Å². The van der Waals surface area contributed by atoms with Crippen LogP contribution in [0.4, 0.5) is 0 Å². The number of hydrogen-bond acceptors (Lipinski definition) is 12. The molecule has 0 bridgehead atoms. The van der Waals surface area contributed by atoms with Crippen molar-refractivity contribution in [2.75, 3.05) is 28.4 Å². The molecule has 9 rings (SSSR count). The Bertz CT molecular complexity index is 2540. The molecule has 0 saturated carbocycles. The third kappa shape index (κ3) is 6.50. The van der Waals surface area contributed by atoms with Crippen molar-refractivity contribution in [1.82, 2.24) is 0 Å². The molecule has 60 heavy (non-hydrogen) atoms. The second-order valence-electron chi connectivity index (χ2n) is 14.2. The Hall–Kier alpha value is -5.45. The minimum atomic E-state index is -5.24. The van der Waals surface area contributed by atoms with Crippen molar-refractivity contribution in [2.24, 2.45) is 0 Å². The van der Waals surface area contributed by atoms with E-state index in [0.29, 0.717) is 66.1 Å². The quantitative estimate of drug-likeness (QED) is 0.163. The first kappa shape index (κ1) is 40.0. The Morgan fingerprint density at radius 3 is 0.650 bits per heavy atom. The summed E-state index contributed by atoms with van der Waals surface area (Å²) in [4.78, 5) is 53.8. The van der Waals surface area contributed by atoms with Crippen molar-refractivity contribution in [1.29, 1.82) is 0 Å². The number of fused-ring (bicyclic) bond motifs is 4. The van der Waals surface area contributed by atoms with Gasteiger partial charge in [0.25, 0.3) is 0 Å². The fourth-order valence-corrected chi connectivity index (χ4v) is 23.3. The van der Waals surface area contributed by atoms with E-state index in [4.69, 9.17) is 35.4 Å². The van der Waals surface area contributed by atoms with E-state index in [0.717, 1.165) is 0 Å². The summed E-state index contributed by atoms with van der Waals surface area (Å²) in [5.41, 5.74) is 0. The van der Waals surface area contributed by atoms with E-state index in [1.54, 1.807) is 97.1 Å². The molecular formula is C44H40O12Si4. The van der Waals surface area contributed by atoms with E-state index in [1.165, 1.54) is 28.4 Å². The van der Waals surface area contributed by atoms with Gasteiger partial charge in [-0.2, -0.15) is 0 Å². The molecule has 1 saturated heterocycles. The number of ether oxygens (including phenoxy) is 4. The first-order chi connectivity index (χ1) is 29.0. The first-order valence-electron chi connectivity index (χ1n) is 18.9. The summed E-state index contributed by atoms with van der Waals surface area (Å²) in [6.45, 7) is 0. The maximum absolute atomic E-state index is 13.4. The van der Waals surface area contributed by atoms with Gasteiger partial charge in [0, 0.05) is 42.3 Å². The molecule has 0 radical (unpaired) electrons. The molecule has 8 aromatic carbocycles. The van der Waals surface area contributed by atoms with Crippen LogP contribution < -0.4 is 39.7 Å². The van der Waals surface area contributed by atoms with Crippen LogP contribution in [-0.2, 0) is 16.5 Å². The minimum absolute atomic E-state index is 0.126. The van der Waals surface area contributed by atoms with E-state index >= 15 is 0 Å². The summed E-state index contributed by atoms with van der Waals surface area (Å²) in [6.07, 6.45) is 0. The third-order valence-electron chi connectivity index (χ3n) is 10.9. The highest BCUT2D eigenvalue weighted by Gasteiger charge is 2.68. The zero-order valence-corrected chi connectivity index (χ0v) is 36.9. The molecule has 0 amide bonds. The van der Waals surface area contributed by atoms with Crippen LogP contribution in [0.1, 0.15) is 0 Å². The Kier molecular flexibility index (Phi) is 10.1. The van der Waals surface area contributed by atoms with Crippen LogP contribution in [0.25, 0.3) is 43.1 Å². The molecule has 0 atom stereocenters. The molecule has 0 aliphatic carbocycles. The van der Waals surface area contributed by atoms with Crippen LogP contribution in [0.15, 0.2) is 146 Å². The van der Waals surface area contributed by atoms with Gasteiger partial charge in [0.1, 0.15) is 23.0 Å². The van der Waals surface area contributed by atoms with Crippen LogP contribution in [0.5, 0.6) is 23.0 Å².